The van der Waals surface area contributed by atoms with E-state index < -0.39 is 24.6 Å². The third kappa shape index (κ3) is 4.66. The molecule has 3 aromatic rings. The van der Waals surface area contributed by atoms with Crippen molar-refractivity contribution >= 4 is 11.7 Å². The van der Waals surface area contributed by atoms with Gasteiger partial charge in [0.15, 0.2) is 0 Å². The van der Waals surface area contributed by atoms with Gasteiger partial charge in [-0.25, -0.2) is 18.6 Å². The van der Waals surface area contributed by atoms with Crippen molar-refractivity contribution in [3.63, 3.8) is 0 Å². The van der Waals surface area contributed by atoms with Gasteiger partial charge in [0.25, 0.3) is 0 Å². The van der Waals surface area contributed by atoms with Crippen LogP contribution in [0.3, 0.4) is 0 Å². The predicted molar refractivity (Wildman–Crippen MR) is 97.6 cm³/mol. The lowest BCUT2D eigenvalue weighted by molar-refractivity contribution is 0.251. The molecule has 0 bridgehead atoms. The summed E-state index contributed by atoms with van der Waals surface area (Å²) in [7, 11) is 0. The zero-order valence-electron chi connectivity index (χ0n) is 14.7. The molecule has 0 unspecified atom stereocenters. The second-order valence-corrected chi connectivity index (χ2v) is 5.95. The molecule has 0 spiro atoms. The third-order valence-electron chi connectivity index (χ3n) is 4.12. The summed E-state index contributed by atoms with van der Waals surface area (Å²) in [4.78, 5) is 20.0. The Morgan fingerprint density at radius 2 is 1.96 bits per heavy atom. The molecular formula is C19H19F2N5O. The molecular weight excluding hydrogens is 352 g/mol. The number of rotatable bonds is 6. The van der Waals surface area contributed by atoms with Crippen LogP contribution in [0.1, 0.15) is 23.1 Å². The first-order chi connectivity index (χ1) is 13.1. The number of carbonyl (C=O) groups is 1. The Labute approximate surface area is 155 Å². The molecule has 2 aromatic heterocycles. The summed E-state index contributed by atoms with van der Waals surface area (Å²) in [5, 5.41) is 5.33. The minimum absolute atomic E-state index is 0.175. The lowest BCUT2D eigenvalue weighted by Gasteiger charge is -2.17. The van der Waals surface area contributed by atoms with E-state index in [9.17, 15) is 13.6 Å². The van der Waals surface area contributed by atoms with Crippen molar-refractivity contribution < 1.29 is 13.6 Å². The van der Waals surface area contributed by atoms with Gasteiger partial charge in [-0.15, -0.1) is 0 Å². The highest BCUT2D eigenvalue weighted by Crippen LogP contribution is 2.22. The SMILES string of the molecule is Cc1nccn1[C@@H](CF)c1ccc(NC(=O)NCc2ccc(F)cn2)cc1. The highest BCUT2D eigenvalue weighted by molar-refractivity contribution is 5.89. The molecule has 0 aliphatic carbocycles. The maximum atomic E-state index is 13.5. The number of hydrogen-bond donors (Lipinski definition) is 2. The van der Waals surface area contributed by atoms with E-state index in [1.54, 1.807) is 41.2 Å². The number of imidazole rings is 1. The molecule has 2 amide bonds. The summed E-state index contributed by atoms with van der Waals surface area (Å²) in [6.07, 6.45) is 4.47. The molecule has 1 aromatic carbocycles. The largest absolute Gasteiger partial charge is 0.332 e. The number of anilines is 1. The smallest absolute Gasteiger partial charge is 0.319 e. The number of alkyl halides is 1. The fraction of sp³-hybridized carbons (Fsp3) is 0.211. The van der Waals surface area contributed by atoms with Crippen LogP contribution < -0.4 is 10.6 Å². The van der Waals surface area contributed by atoms with Crippen LogP contribution in [0.25, 0.3) is 0 Å². The van der Waals surface area contributed by atoms with Gasteiger partial charge >= 0.3 is 6.03 Å². The number of amides is 2. The molecule has 27 heavy (non-hydrogen) atoms. The van der Waals surface area contributed by atoms with Crippen LogP contribution in [0.2, 0.25) is 0 Å². The van der Waals surface area contributed by atoms with Crippen LogP contribution in [0.5, 0.6) is 0 Å². The van der Waals surface area contributed by atoms with Crippen molar-refractivity contribution in [2.45, 2.75) is 19.5 Å². The van der Waals surface area contributed by atoms with Crippen LogP contribution >= 0.6 is 0 Å². The van der Waals surface area contributed by atoms with E-state index >= 15 is 0 Å². The van der Waals surface area contributed by atoms with Crippen molar-refractivity contribution in [3.05, 3.63) is 77.9 Å². The van der Waals surface area contributed by atoms with Crippen LogP contribution in [0.15, 0.2) is 55.0 Å². The zero-order valence-corrected chi connectivity index (χ0v) is 14.7. The summed E-state index contributed by atoms with van der Waals surface area (Å²) in [6, 6.07) is 8.85. The van der Waals surface area contributed by atoms with Gasteiger partial charge in [0, 0.05) is 18.1 Å². The molecule has 1 atom stereocenters. The molecule has 8 heteroatoms. The van der Waals surface area contributed by atoms with Crippen molar-refractivity contribution in [2.24, 2.45) is 0 Å². The first-order valence-electron chi connectivity index (χ1n) is 8.37. The van der Waals surface area contributed by atoms with Crippen LogP contribution in [-0.2, 0) is 6.54 Å². The summed E-state index contributed by atoms with van der Waals surface area (Å²) < 4.78 is 28.1. The van der Waals surface area contributed by atoms with E-state index in [1.807, 2.05) is 6.92 Å². The average Bonchev–Trinajstić information content (AvgIpc) is 3.09. The Balaban J connectivity index is 1.59. The first-order valence-corrected chi connectivity index (χ1v) is 8.37. The van der Waals surface area contributed by atoms with Gasteiger partial charge < -0.3 is 15.2 Å². The fourth-order valence-corrected chi connectivity index (χ4v) is 2.69. The number of nitrogens with one attached hydrogen (secondary N) is 2. The normalized spacial score (nSPS) is 11.8. The highest BCUT2D eigenvalue weighted by atomic mass is 19.1. The van der Waals surface area contributed by atoms with Gasteiger partial charge in [-0.2, -0.15) is 0 Å². The number of carbonyl (C=O) groups excluding carboxylic acids is 1. The molecule has 2 heterocycles. The van der Waals surface area contributed by atoms with Gasteiger partial charge in [-0.05, 0) is 36.8 Å². The summed E-state index contributed by atoms with van der Waals surface area (Å²) >= 11 is 0. The third-order valence-corrected chi connectivity index (χ3v) is 4.12. The maximum Gasteiger partial charge on any atom is 0.319 e. The highest BCUT2D eigenvalue weighted by Gasteiger charge is 2.15. The van der Waals surface area contributed by atoms with Gasteiger partial charge in [0.1, 0.15) is 18.3 Å². The number of aromatic nitrogens is 3. The van der Waals surface area contributed by atoms with Crippen LogP contribution in [-0.4, -0.2) is 27.2 Å². The standard InChI is InChI=1S/C19H19F2N5O/c1-13-22-8-9-26(13)18(10-20)14-2-5-16(6-3-14)25-19(27)24-12-17-7-4-15(21)11-23-17/h2-9,11,18H,10,12H2,1H3,(H2,24,25,27)/t18-/m0/s1. The lowest BCUT2D eigenvalue weighted by Crippen LogP contribution is -2.28. The number of benzene rings is 1. The number of pyridine rings is 1. The van der Waals surface area contributed by atoms with E-state index in [0.29, 0.717) is 11.4 Å². The van der Waals surface area contributed by atoms with E-state index in [4.69, 9.17) is 0 Å². The lowest BCUT2D eigenvalue weighted by atomic mass is 10.1. The molecule has 0 saturated carbocycles. The first kappa shape index (κ1) is 18.5. The monoisotopic (exact) mass is 371 g/mol. The molecule has 0 radical (unpaired) electrons. The van der Waals surface area contributed by atoms with Crippen LogP contribution in [0, 0.1) is 12.7 Å². The van der Waals surface area contributed by atoms with Crippen LogP contribution in [0.4, 0.5) is 19.3 Å². The summed E-state index contributed by atoms with van der Waals surface area (Å²) in [6.45, 7) is 1.43. The quantitative estimate of drug-likeness (QED) is 0.695. The number of halogens is 2. The molecule has 0 saturated heterocycles. The molecule has 140 valence electrons. The van der Waals surface area contributed by atoms with Crippen molar-refractivity contribution in [2.75, 3.05) is 12.0 Å². The zero-order chi connectivity index (χ0) is 19.2. The second-order valence-electron chi connectivity index (χ2n) is 5.95. The minimum atomic E-state index is -0.560. The fourth-order valence-electron chi connectivity index (χ4n) is 2.69. The van der Waals surface area contributed by atoms with Gasteiger partial charge in [0.2, 0.25) is 0 Å². The topological polar surface area (TPSA) is 71.8 Å². The van der Waals surface area contributed by atoms with E-state index in [2.05, 4.69) is 20.6 Å². The van der Waals surface area contributed by atoms with E-state index in [1.165, 1.54) is 12.1 Å². The number of urea groups is 1. The molecule has 0 aliphatic heterocycles. The molecule has 3 rings (SSSR count). The summed E-state index contributed by atoms with van der Waals surface area (Å²) in [5.74, 6) is 0.300. The molecule has 0 fully saturated rings. The van der Waals surface area contributed by atoms with Gasteiger partial charge in [0.05, 0.1) is 24.5 Å². The maximum absolute atomic E-state index is 13.5. The number of hydrogen-bond acceptors (Lipinski definition) is 3. The number of aryl methyl sites for hydroxylation is 1. The summed E-state index contributed by atoms with van der Waals surface area (Å²) in [5.41, 5.74) is 1.90. The molecule has 0 aliphatic rings. The Bertz CT molecular complexity index is 893. The Kier molecular flexibility index (Phi) is 5.75. The minimum Gasteiger partial charge on any atom is -0.332 e. The molecule has 6 nitrogen and oxygen atoms in total. The Morgan fingerprint density at radius 1 is 1.19 bits per heavy atom. The average molecular weight is 371 g/mol. The Morgan fingerprint density at radius 3 is 2.56 bits per heavy atom. The van der Waals surface area contributed by atoms with Gasteiger partial charge in [-0.3, -0.25) is 4.98 Å². The number of nitrogens with zero attached hydrogens (tertiary/aromatic N) is 3. The van der Waals surface area contributed by atoms with E-state index in [0.717, 1.165) is 17.6 Å². The molecule has 2 N–H and O–H groups in total. The van der Waals surface area contributed by atoms with Crippen molar-refractivity contribution in [1.82, 2.24) is 19.9 Å². The van der Waals surface area contributed by atoms with E-state index in [-0.39, 0.29) is 6.54 Å². The predicted octanol–water partition coefficient (Wildman–Crippen LogP) is 3.61. The van der Waals surface area contributed by atoms with Crippen molar-refractivity contribution in [1.29, 1.82) is 0 Å². The van der Waals surface area contributed by atoms with Gasteiger partial charge in [-0.1, -0.05) is 12.1 Å². The second kappa shape index (κ2) is 8.39. The van der Waals surface area contributed by atoms with Crippen molar-refractivity contribution in [3.8, 4) is 0 Å². The Hall–Kier alpha value is -3.29.